The second-order valence-electron chi connectivity index (χ2n) is 5.06. The predicted octanol–water partition coefficient (Wildman–Crippen LogP) is 5.03. The molecule has 0 bridgehead atoms. The number of hydrazine groups is 1. The minimum atomic E-state index is 1.06. The summed E-state index contributed by atoms with van der Waals surface area (Å²) >= 11 is 0. The number of rotatable bonds is 7. The third kappa shape index (κ3) is 4.02. The Bertz CT molecular complexity index is 534. The molecule has 0 saturated heterocycles. The van der Waals surface area contributed by atoms with Crippen molar-refractivity contribution in [3.05, 3.63) is 59.7 Å². The van der Waals surface area contributed by atoms with E-state index in [0.717, 1.165) is 18.5 Å². The fourth-order valence-electron chi connectivity index (χ4n) is 2.24. The summed E-state index contributed by atoms with van der Waals surface area (Å²) in [6.45, 7) is 4.40. The molecule has 0 saturated carbocycles. The summed E-state index contributed by atoms with van der Waals surface area (Å²) in [6, 6.07) is 17.0. The maximum atomic E-state index is 3.34. The molecule has 2 N–H and O–H groups in total. The van der Waals surface area contributed by atoms with Gasteiger partial charge in [0.05, 0.1) is 11.4 Å². The highest BCUT2D eigenvalue weighted by atomic mass is 15.4. The van der Waals surface area contributed by atoms with Gasteiger partial charge in [0.1, 0.15) is 0 Å². The van der Waals surface area contributed by atoms with Gasteiger partial charge in [-0.1, -0.05) is 50.6 Å². The quantitative estimate of drug-likeness (QED) is 0.688. The Morgan fingerprint density at radius 2 is 1.75 bits per heavy atom. The fourth-order valence-corrected chi connectivity index (χ4v) is 2.24. The molecule has 0 aliphatic carbocycles. The molecule has 0 unspecified atom stereocenters. The van der Waals surface area contributed by atoms with Gasteiger partial charge in [0.25, 0.3) is 0 Å². The highest BCUT2D eigenvalue weighted by molar-refractivity contribution is 5.57. The highest BCUT2D eigenvalue weighted by Crippen LogP contribution is 2.18. The molecule has 2 heteroatoms. The van der Waals surface area contributed by atoms with E-state index >= 15 is 0 Å². The monoisotopic (exact) mass is 268 g/mol. The zero-order valence-electron chi connectivity index (χ0n) is 12.4. The molecule has 0 aliphatic heterocycles. The smallest absolute Gasteiger partial charge is 0.0571 e. The van der Waals surface area contributed by atoms with Gasteiger partial charge in [0.15, 0.2) is 0 Å². The van der Waals surface area contributed by atoms with Crippen LogP contribution in [0.15, 0.2) is 48.5 Å². The first-order chi connectivity index (χ1) is 9.83. The standard InChI is InChI=1S/C18H24N2/c1-3-5-10-16-11-6-7-13-18(16)20-19-17-12-8-9-15(4-2)14-17/h6-9,11-14,19-20H,3-5,10H2,1-2H3. The zero-order valence-corrected chi connectivity index (χ0v) is 12.4. The van der Waals surface area contributed by atoms with Crippen LogP contribution in [0, 0.1) is 0 Å². The van der Waals surface area contributed by atoms with Gasteiger partial charge in [-0.25, -0.2) is 0 Å². The van der Waals surface area contributed by atoms with Crippen molar-refractivity contribution in [3.63, 3.8) is 0 Å². The normalized spacial score (nSPS) is 10.3. The minimum Gasteiger partial charge on any atom is -0.301 e. The lowest BCUT2D eigenvalue weighted by Crippen LogP contribution is -2.10. The van der Waals surface area contributed by atoms with E-state index in [4.69, 9.17) is 0 Å². The number of anilines is 2. The Morgan fingerprint density at radius 1 is 0.900 bits per heavy atom. The molecule has 2 aromatic carbocycles. The summed E-state index contributed by atoms with van der Waals surface area (Å²) in [4.78, 5) is 0. The van der Waals surface area contributed by atoms with Gasteiger partial charge in [-0.05, 0) is 48.6 Å². The topological polar surface area (TPSA) is 24.1 Å². The lowest BCUT2D eigenvalue weighted by atomic mass is 10.1. The van der Waals surface area contributed by atoms with Gasteiger partial charge in [-0.2, -0.15) is 0 Å². The van der Waals surface area contributed by atoms with E-state index in [2.05, 4.69) is 73.2 Å². The summed E-state index contributed by atoms with van der Waals surface area (Å²) in [6.07, 6.45) is 4.63. The average molecular weight is 268 g/mol. The second-order valence-corrected chi connectivity index (χ2v) is 5.06. The van der Waals surface area contributed by atoms with E-state index in [-0.39, 0.29) is 0 Å². The molecule has 0 aromatic heterocycles. The Labute approximate surface area is 122 Å². The highest BCUT2D eigenvalue weighted by Gasteiger charge is 2.01. The van der Waals surface area contributed by atoms with E-state index in [1.165, 1.54) is 29.7 Å². The van der Waals surface area contributed by atoms with E-state index < -0.39 is 0 Å². The van der Waals surface area contributed by atoms with E-state index in [0.29, 0.717) is 0 Å². The lowest BCUT2D eigenvalue weighted by molar-refractivity contribution is 0.796. The van der Waals surface area contributed by atoms with Gasteiger partial charge in [0.2, 0.25) is 0 Å². The lowest BCUT2D eigenvalue weighted by Gasteiger charge is -2.14. The van der Waals surface area contributed by atoms with Crippen molar-refractivity contribution in [1.82, 2.24) is 0 Å². The fraction of sp³-hybridized carbons (Fsp3) is 0.333. The Morgan fingerprint density at radius 3 is 2.55 bits per heavy atom. The molecule has 0 atom stereocenters. The minimum absolute atomic E-state index is 1.06. The van der Waals surface area contributed by atoms with Crippen LogP contribution in [0.4, 0.5) is 11.4 Å². The summed E-state index contributed by atoms with van der Waals surface area (Å²) in [5.41, 5.74) is 11.6. The zero-order chi connectivity index (χ0) is 14.2. The predicted molar refractivity (Wildman–Crippen MR) is 88.1 cm³/mol. The summed E-state index contributed by atoms with van der Waals surface area (Å²) in [5.74, 6) is 0. The largest absolute Gasteiger partial charge is 0.301 e. The number of unbranched alkanes of at least 4 members (excludes halogenated alkanes) is 1. The number of nitrogens with one attached hydrogen (secondary N) is 2. The van der Waals surface area contributed by atoms with E-state index in [1.54, 1.807) is 0 Å². The van der Waals surface area contributed by atoms with E-state index in [1.807, 2.05) is 0 Å². The van der Waals surface area contributed by atoms with Crippen LogP contribution in [0.5, 0.6) is 0 Å². The first-order valence-electron chi connectivity index (χ1n) is 7.52. The summed E-state index contributed by atoms with van der Waals surface area (Å²) in [5, 5.41) is 0. The van der Waals surface area contributed by atoms with Crippen LogP contribution in [0.3, 0.4) is 0 Å². The molecule has 20 heavy (non-hydrogen) atoms. The number of aryl methyl sites for hydroxylation is 2. The maximum absolute atomic E-state index is 3.34. The molecular formula is C18H24N2. The van der Waals surface area contributed by atoms with Gasteiger partial charge >= 0.3 is 0 Å². The molecule has 0 heterocycles. The number of hydrogen-bond acceptors (Lipinski definition) is 2. The van der Waals surface area contributed by atoms with Crippen molar-refractivity contribution in [2.45, 2.75) is 39.5 Å². The molecule has 0 aliphatic rings. The van der Waals surface area contributed by atoms with Crippen LogP contribution in [-0.2, 0) is 12.8 Å². The summed E-state index contributed by atoms with van der Waals surface area (Å²) < 4.78 is 0. The van der Waals surface area contributed by atoms with Gasteiger partial charge < -0.3 is 10.9 Å². The third-order valence-corrected chi connectivity index (χ3v) is 3.49. The van der Waals surface area contributed by atoms with Crippen molar-refractivity contribution < 1.29 is 0 Å². The van der Waals surface area contributed by atoms with Crippen LogP contribution in [-0.4, -0.2) is 0 Å². The average Bonchev–Trinajstić information content (AvgIpc) is 2.52. The maximum Gasteiger partial charge on any atom is 0.0571 e. The van der Waals surface area contributed by atoms with Crippen molar-refractivity contribution in [3.8, 4) is 0 Å². The molecule has 0 fully saturated rings. The van der Waals surface area contributed by atoms with Gasteiger partial charge in [-0.3, -0.25) is 0 Å². The Balaban J connectivity index is 2.02. The number of hydrogen-bond donors (Lipinski definition) is 2. The Kier molecular flexibility index (Phi) is 5.48. The Hall–Kier alpha value is -1.96. The SMILES string of the molecule is CCCCc1ccccc1NNc1cccc(CC)c1. The number of para-hydroxylation sites is 1. The van der Waals surface area contributed by atoms with Crippen molar-refractivity contribution in [1.29, 1.82) is 0 Å². The van der Waals surface area contributed by atoms with Crippen LogP contribution in [0.25, 0.3) is 0 Å². The molecule has 2 nitrogen and oxygen atoms in total. The van der Waals surface area contributed by atoms with Crippen LogP contribution >= 0.6 is 0 Å². The first-order valence-corrected chi connectivity index (χ1v) is 7.52. The second kappa shape index (κ2) is 7.59. The van der Waals surface area contributed by atoms with Crippen LogP contribution in [0.1, 0.15) is 37.8 Å². The molecule has 0 amide bonds. The molecule has 106 valence electrons. The van der Waals surface area contributed by atoms with Crippen LogP contribution in [0.2, 0.25) is 0 Å². The van der Waals surface area contributed by atoms with E-state index in [9.17, 15) is 0 Å². The molecule has 0 spiro atoms. The molecule has 0 radical (unpaired) electrons. The van der Waals surface area contributed by atoms with Crippen molar-refractivity contribution >= 4 is 11.4 Å². The molecule has 2 aromatic rings. The first kappa shape index (κ1) is 14.4. The van der Waals surface area contributed by atoms with Crippen LogP contribution < -0.4 is 10.9 Å². The third-order valence-electron chi connectivity index (χ3n) is 3.49. The summed E-state index contributed by atoms with van der Waals surface area (Å²) in [7, 11) is 0. The van der Waals surface area contributed by atoms with Crippen molar-refractivity contribution in [2.75, 3.05) is 10.9 Å². The van der Waals surface area contributed by atoms with Gasteiger partial charge in [-0.15, -0.1) is 0 Å². The molecule has 2 rings (SSSR count). The molecular weight excluding hydrogens is 244 g/mol. The van der Waals surface area contributed by atoms with Gasteiger partial charge in [0, 0.05) is 0 Å². The van der Waals surface area contributed by atoms with Crippen molar-refractivity contribution in [2.24, 2.45) is 0 Å². The number of benzene rings is 2.